The maximum atomic E-state index is 12.2. The van der Waals surface area contributed by atoms with Gasteiger partial charge in [-0.3, -0.25) is 4.79 Å². The third kappa shape index (κ3) is 4.91. The highest BCUT2D eigenvalue weighted by molar-refractivity contribution is 6.35. The van der Waals surface area contributed by atoms with E-state index in [1.165, 1.54) is 19.1 Å². The van der Waals surface area contributed by atoms with Crippen LogP contribution in [0.25, 0.3) is 16.8 Å². The van der Waals surface area contributed by atoms with Crippen LogP contribution in [0, 0.1) is 0 Å². The van der Waals surface area contributed by atoms with Crippen LogP contribution in [0.15, 0.2) is 66.7 Å². The van der Waals surface area contributed by atoms with E-state index in [-0.39, 0.29) is 0 Å². The molecule has 0 heterocycles. The summed E-state index contributed by atoms with van der Waals surface area (Å²) in [4.78, 5) is 24.4. The number of anilines is 1. The van der Waals surface area contributed by atoms with Gasteiger partial charge in [-0.15, -0.1) is 0 Å². The monoisotopic (exact) mass is 413 g/mol. The van der Waals surface area contributed by atoms with E-state index in [2.05, 4.69) is 5.32 Å². The molecule has 3 aromatic rings. The van der Waals surface area contributed by atoms with Crippen LogP contribution in [-0.4, -0.2) is 18.0 Å². The van der Waals surface area contributed by atoms with Gasteiger partial charge in [-0.1, -0.05) is 65.7 Å². The van der Waals surface area contributed by atoms with Crippen LogP contribution >= 0.6 is 23.2 Å². The Hall–Kier alpha value is -2.82. The Balaban J connectivity index is 1.64. The first-order valence-electron chi connectivity index (χ1n) is 8.56. The lowest BCUT2D eigenvalue weighted by Crippen LogP contribution is -2.29. The molecule has 1 amide bonds. The summed E-state index contributed by atoms with van der Waals surface area (Å²) in [6.45, 7) is 1.48. The largest absolute Gasteiger partial charge is 0.449 e. The number of ether oxygens (including phenoxy) is 1. The first-order valence-corrected chi connectivity index (χ1v) is 9.32. The molecule has 0 saturated carbocycles. The average Bonchev–Trinajstić information content (AvgIpc) is 2.69. The van der Waals surface area contributed by atoms with Crippen LogP contribution in [0.2, 0.25) is 10.0 Å². The van der Waals surface area contributed by atoms with Gasteiger partial charge >= 0.3 is 5.97 Å². The first kappa shape index (κ1) is 19.9. The summed E-state index contributed by atoms with van der Waals surface area (Å²) in [5.74, 6) is -1.12. The molecule has 0 bridgehead atoms. The van der Waals surface area contributed by atoms with Gasteiger partial charge in [-0.05, 0) is 47.5 Å². The summed E-state index contributed by atoms with van der Waals surface area (Å²) < 4.78 is 5.17. The molecule has 0 unspecified atom stereocenters. The molecule has 3 aromatic carbocycles. The third-order valence-electron chi connectivity index (χ3n) is 4.07. The summed E-state index contributed by atoms with van der Waals surface area (Å²) in [6.07, 6.45) is 1.97. The van der Waals surface area contributed by atoms with Crippen molar-refractivity contribution >= 4 is 57.6 Å². The van der Waals surface area contributed by atoms with Gasteiger partial charge in [-0.25, -0.2) is 4.79 Å². The van der Waals surface area contributed by atoms with E-state index >= 15 is 0 Å². The fourth-order valence-corrected chi connectivity index (χ4v) is 2.99. The average molecular weight is 414 g/mol. The van der Waals surface area contributed by atoms with Crippen LogP contribution in [0.1, 0.15) is 12.5 Å². The molecule has 1 N–H and O–H groups in total. The van der Waals surface area contributed by atoms with E-state index in [4.69, 9.17) is 27.9 Å². The van der Waals surface area contributed by atoms with Crippen molar-refractivity contribution in [1.29, 1.82) is 0 Å². The maximum absolute atomic E-state index is 12.2. The minimum atomic E-state index is -1.00. The summed E-state index contributed by atoms with van der Waals surface area (Å²) in [6, 6.07) is 18.4. The Morgan fingerprint density at radius 1 is 1.04 bits per heavy atom. The van der Waals surface area contributed by atoms with Gasteiger partial charge in [0.25, 0.3) is 5.91 Å². The molecule has 0 saturated heterocycles. The fraction of sp³-hybridized carbons (Fsp3) is 0.0909. The molecule has 0 aromatic heterocycles. The zero-order valence-corrected chi connectivity index (χ0v) is 16.5. The maximum Gasteiger partial charge on any atom is 0.331 e. The standard InChI is InChI=1S/C22H17Cl2NO3/c1-14(22(27)25-20-13-17(23)10-11-19(20)24)28-21(26)12-9-16-7-4-6-15-5-2-3-8-18(15)16/h2-14H,1H3,(H,25,27)/b12-9+/t14-/m0/s1. The van der Waals surface area contributed by atoms with Crippen molar-refractivity contribution in [2.45, 2.75) is 13.0 Å². The van der Waals surface area contributed by atoms with Crippen molar-refractivity contribution in [2.75, 3.05) is 5.32 Å². The quantitative estimate of drug-likeness (QED) is 0.429. The van der Waals surface area contributed by atoms with Crippen molar-refractivity contribution in [3.63, 3.8) is 0 Å². The molecule has 0 aliphatic rings. The van der Waals surface area contributed by atoms with E-state index in [0.717, 1.165) is 16.3 Å². The fourth-order valence-electron chi connectivity index (χ4n) is 2.65. The summed E-state index contributed by atoms with van der Waals surface area (Å²) in [5.41, 5.74) is 1.24. The summed E-state index contributed by atoms with van der Waals surface area (Å²) in [7, 11) is 0. The number of benzene rings is 3. The first-order chi connectivity index (χ1) is 13.4. The lowest BCUT2D eigenvalue weighted by Gasteiger charge is -2.13. The van der Waals surface area contributed by atoms with E-state index in [9.17, 15) is 9.59 Å². The van der Waals surface area contributed by atoms with E-state index < -0.39 is 18.0 Å². The Morgan fingerprint density at radius 2 is 1.79 bits per heavy atom. The van der Waals surface area contributed by atoms with Crippen molar-refractivity contribution in [1.82, 2.24) is 0 Å². The van der Waals surface area contributed by atoms with Crippen LogP contribution in [0.4, 0.5) is 5.69 Å². The van der Waals surface area contributed by atoms with Crippen LogP contribution in [0.5, 0.6) is 0 Å². The van der Waals surface area contributed by atoms with Crippen LogP contribution < -0.4 is 5.32 Å². The lowest BCUT2D eigenvalue weighted by atomic mass is 10.0. The number of halogens is 2. The number of hydrogen-bond acceptors (Lipinski definition) is 3. The Bertz CT molecular complexity index is 1060. The molecule has 28 heavy (non-hydrogen) atoms. The number of amides is 1. The molecular formula is C22H17Cl2NO3. The minimum absolute atomic E-state index is 0.340. The summed E-state index contributed by atoms with van der Waals surface area (Å²) in [5, 5.41) is 5.47. The zero-order valence-electron chi connectivity index (χ0n) is 15.0. The Kier molecular flexibility index (Phi) is 6.34. The molecule has 4 nitrogen and oxygen atoms in total. The number of carbonyl (C=O) groups excluding carboxylic acids is 2. The lowest BCUT2D eigenvalue weighted by molar-refractivity contribution is -0.148. The molecule has 3 rings (SSSR count). The van der Waals surface area contributed by atoms with Gasteiger partial charge in [0.1, 0.15) is 0 Å². The van der Waals surface area contributed by atoms with Crippen LogP contribution in [-0.2, 0) is 14.3 Å². The summed E-state index contributed by atoms with van der Waals surface area (Å²) >= 11 is 11.9. The number of esters is 1. The van der Waals surface area contributed by atoms with Crippen molar-refractivity contribution in [3.05, 3.63) is 82.3 Å². The molecule has 0 fully saturated rings. The predicted molar refractivity (Wildman–Crippen MR) is 114 cm³/mol. The number of nitrogens with one attached hydrogen (secondary N) is 1. The Morgan fingerprint density at radius 3 is 2.61 bits per heavy atom. The normalized spacial score (nSPS) is 12.1. The minimum Gasteiger partial charge on any atom is -0.449 e. The highest BCUT2D eigenvalue weighted by Crippen LogP contribution is 2.25. The highest BCUT2D eigenvalue weighted by atomic mass is 35.5. The SMILES string of the molecule is C[C@H](OC(=O)/C=C/c1cccc2ccccc12)C(=O)Nc1cc(Cl)ccc1Cl. The molecule has 142 valence electrons. The Labute approximate surface area is 172 Å². The number of fused-ring (bicyclic) bond motifs is 1. The van der Waals surface area contributed by atoms with Gasteiger partial charge in [0.15, 0.2) is 6.10 Å². The molecule has 0 aliphatic heterocycles. The highest BCUT2D eigenvalue weighted by Gasteiger charge is 2.18. The zero-order chi connectivity index (χ0) is 20.1. The smallest absolute Gasteiger partial charge is 0.331 e. The second-order valence-corrected chi connectivity index (χ2v) is 6.94. The van der Waals surface area contributed by atoms with Gasteiger partial charge in [0.05, 0.1) is 10.7 Å². The van der Waals surface area contributed by atoms with Gasteiger partial charge in [0.2, 0.25) is 0 Å². The predicted octanol–water partition coefficient (Wildman–Crippen LogP) is 5.73. The molecule has 0 radical (unpaired) electrons. The van der Waals surface area contributed by atoms with Gasteiger partial charge < -0.3 is 10.1 Å². The number of rotatable bonds is 5. The van der Waals surface area contributed by atoms with E-state index in [0.29, 0.717) is 15.7 Å². The molecule has 0 aliphatic carbocycles. The van der Waals surface area contributed by atoms with Crippen molar-refractivity contribution in [2.24, 2.45) is 0 Å². The van der Waals surface area contributed by atoms with Crippen molar-refractivity contribution in [3.8, 4) is 0 Å². The van der Waals surface area contributed by atoms with Crippen LogP contribution in [0.3, 0.4) is 0 Å². The van der Waals surface area contributed by atoms with E-state index in [1.54, 1.807) is 18.2 Å². The number of carbonyl (C=O) groups is 2. The molecule has 0 spiro atoms. The third-order valence-corrected chi connectivity index (χ3v) is 4.64. The van der Waals surface area contributed by atoms with Crippen molar-refractivity contribution < 1.29 is 14.3 Å². The second kappa shape index (κ2) is 8.91. The van der Waals surface area contributed by atoms with Gasteiger partial charge in [-0.2, -0.15) is 0 Å². The second-order valence-electron chi connectivity index (χ2n) is 6.09. The molecular weight excluding hydrogens is 397 g/mol. The topological polar surface area (TPSA) is 55.4 Å². The van der Waals surface area contributed by atoms with Gasteiger partial charge in [0, 0.05) is 11.1 Å². The molecule has 1 atom stereocenters. The molecule has 6 heteroatoms. The van der Waals surface area contributed by atoms with E-state index in [1.807, 2.05) is 42.5 Å². The number of hydrogen-bond donors (Lipinski definition) is 1.